The average molecular weight is 520 g/mol. The standard InChI is InChI=1S/C28H30ClN5O3/c1-28(27(37)31-16-20-11-5-6-12-22(20)29)17-33-18-32-23(24(33)26(36)34(28)21-13-14-21)25(35)30-15-7-10-19-8-3-2-4-9-19/h2-6,8-9,11-12,18,21H,7,10,13-17H2,1H3,(H,30,35)(H,31,37). The van der Waals surface area contributed by atoms with E-state index in [-0.39, 0.29) is 48.2 Å². The number of nitrogens with one attached hydrogen (secondary N) is 2. The van der Waals surface area contributed by atoms with Gasteiger partial charge in [0.2, 0.25) is 5.91 Å². The van der Waals surface area contributed by atoms with Gasteiger partial charge in [-0.15, -0.1) is 0 Å². The van der Waals surface area contributed by atoms with Crippen LogP contribution in [0.2, 0.25) is 5.02 Å². The topological polar surface area (TPSA) is 96.3 Å². The summed E-state index contributed by atoms with van der Waals surface area (Å²) in [6.07, 6.45) is 4.76. The Morgan fingerprint density at radius 3 is 2.54 bits per heavy atom. The summed E-state index contributed by atoms with van der Waals surface area (Å²) in [5, 5.41) is 6.43. The first kappa shape index (κ1) is 25.0. The molecule has 3 amide bonds. The maximum Gasteiger partial charge on any atom is 0.274 e. The van der Waals surface area contributed by atoms with E-state index in [0.29, 0.717) is 11.6 Å². The number of hydrogen-bond acceptors (Lipinski definition) is 4. The normalized spacial score (nSPS) is 18.9. The molecule has 1 fully saturated rings. The van der Waals surface area contributed by atoms with Crippen molar-refractivity contribution in [1.29, 1.82) is 0 Å². The number of halogens is 1. The number of nitrogens with zero attached hydrogens (tertiary/aromatic N) is 3. The lowest BCUT2D eigenvalue weighted by Gasteiger charge is -2.44. The second-order valence-corrected chi connectivity index (χ2v) is 10.3. The number of aromatic nitrogens is 2. The number of amides is 3. The maximum atomic E-state index is 13.7. The van der Waals surface area contributed by atoms with Crippen LogP contribution in [0, 0.1) is 0 Å². The second-order valence-electron chi connectivity index (χ2n) is 9.87. The van der Waals surface area contributed by atoms with Crippen LogP contribution in [0.5, 0.6) is 0 Å². The van der Waals surface area contributed by atoms with Crippen molar-refractivity contribution in [3.05, 3.63) is 88.5 Å². The van der Waals surface area contributed by atoms with Gasteiger partial charge in [0.05, 0.1) is 12.9 Å². The second kappa shape index (κ2) is 10.4. The number of carbonyl (C=O) groups is 3. The lowest BCUT2D eigenvalue weighted by atomic mass is 9.93. The van der Waals surface area contributed by atoms with Crippen LogP contribution in [-0.4, -0.2) is 50.3 Å². The van der Waals surface area contributed by atoms with E-state index in [1.54, 1.807) is 22.5 Å². The smallest absolute Gasteiger partial charge is 0.274 e. The Morgan fingerprint density at radius 2 is 1.81 bits per heavy atom. The highest BCUT2D eigenvalue weighted by Gasteiger charge is 2.53. The van der Waals surface area contributed by atoms with Crippen LogP contribution < -0.4 is 10.6 Å². The number of rotatable bonds is 9. The molecule has 1 atom stereocenters. The fraction of sp³-hybridized carbons (Fsp3) is 0.357. The molecule has 9 heteroatoms. The van der Waals surface area contributed by atoms with Gasteiger partial charge in [-0.25, -0.2) is 4.98 Å². The van der Waals surface area contributed by atoms with Crippen LogP contribution >= 0.6 is 11.6 Å². The molecule has 0 radical (unpaired) electrons. The largest absolute Gasteiger partial charge is 0.351 e. The molecular formula is C28H30ClN5O3. The lowest BCUT2D eigenvalue weighted by Crippen LogP contribution is -2.64. The minimum Gasteiger partial charge on any atom is -0.351 e. The van der Waals surface area contributed by atoms with E-state index >= 15 is 0 Å². The van der Waals surface area contributed by atoms with E-state index in [1.165, 1.54) is 11.9 Å². The first-order valence-electron chi connectivity index (χ1n) is 12.6. The summed E-state index contributed by atoms with van der Waals surface area (Å²) in [7, 11) is 0. The van der Waals surface area contributed by atoms with E-state index < -0.39 is 5.54 Å². The fourth-order valence-electron chi connectivity index (χ4n) is 4.95. The highest BCUT2D eigenvalue weighted by Crippen LogP contribution is 2.39. The molecule has 2 aliphatic rings. The van der Waals surface area contributed by atoms with Gasteiger partial charge in [-0.1, -0.05) is 60.1 Å². The molecule has 5 rings (SSSR count). The molecule has 1 unspecified atom stereocenters. The van der Waals surface area contributed by atoms with Crippen molar-refractivity contribution in [3.8, 4) is 0 Å². The third-order valence-electron chi connectivity index (χ3n) is 7.05. The zero-order chi connectivity index (χ0) is 26.0. The summed E-state index contributed by atoms with van der Waals surface area (Å²) in [5.74, 6) is -0.979. The third-order valence-corrected chi connectivity index (χ3v) is 7.42. The van der Waals surface area contributed by atoms with Crippen molar-refractivity contribution >= 4 is 29.3 Å². The van der Waals surface area contributed by atoms with Gasteiger partial charge >= 0.3 is 0 Å². The molecule has 37 heavy (non-hydrogen) atoms. The quantitative estimate of drug-likeness (QED) is 0.422. The predicted molar refractivity (Wildman–Crippen MR) is 140 cm³/mol. The number of aryl methyl sites for hydroxylation is 1. The molecule has 1 aliphatic carbocycles. The van der Waals surface area contributed by atoms with E-state index in [0.717, 1.165) is 31.2 Å². The van der Waals surface area contributed by atoms with Gasteiger partial charge in [0.25, 0.3) is 11.8 Å². The Kier molecular flexibility index (Phi) is 7.02. The van der Waals surface area contributed by atoms with Crippen molar-refractivity contribution in [2.45, 2.75) is 57.3 Å². The van der Waals surface area contributed by atoms with Crippen LogP contribution in [-0.2, 0) is 24.3 Å². The zero-order valence-corrected chi connectivity index (χ0v) is 21.5. The van der Waals surface area contributed by atoms with Crippen LogP contribution in [0.25, 0.3) is 0 Å². The zero-order valence-electron chi connectivity index (χ0n) is 20.7. The van der Waals surface area contributed by atoms with E-state index in [2.05, 4.69) is 27.8 Å². The van der Waals surface area contributed by atoms with Gasteiger partial charge in [0, 0.05) is 24.2 Å². The summed E-state index contributed by atoms with van der Waals surface area (Å²) in [5.41, 5.74) is 1.24. The Labute approximate surface area is 221 Å². The molecule has 1 aliphatic heterocycles. The van der Waals surface area contributed by atoms with E-state index in [4.69, 9.17) is 11.6 Å². The van der Waals surface area contributed by atoms with E-state index in [9.17, 15) is 14.4 Å². The molecule has 2 N–H and O–H groups in total. The monoisotopic (exact) mass is 519 g/mol. The molecule has 0 bridgehead atoms. The SMILES string of the molecule is CC1(C(=O)NCc2ccccc2Cl)Cn2cnc(C(=O)NCCCc3ccccc3)c2C(=O)N1C1CC1. The van der Waals surface area contributed by atoms with Gasteiger partial charge < -0.3 is 20.1 Å². The van der Waals surface area contributed by atoms with Crippen LogP contribution in [0.15, 0.2) is 60.9 Å². The fourth-order valence-corrected chi connectivity index (χ4v) is 5.15. The Bertz CT molecular complexity index is 1320. The Morgan fingerprint density at radius 1 is 1.08 bits per heavy atom. The summed E-state index contributed by atoms with van der Waals surface area (Å²) in [6, 6.07) is 17.4. The minimum absolute atomic E-state index is 0.0333. The molecule has 1 saturated carbocycles. The van der Waals surface area contributed by atoms with Gasteiger partial charge in [0.15, 0.2) is 5.69 Å². The van der Waals surface area contributed by atoms with Crippen LogP contribution in [0.4, 0.5) is 0 Å². The Hall–Kier alpha value is -3.65. The maximum absolute atomic E-state index is 13.7. The lowest BCUT2D eigenvalue weighted by molar-refractivity contribution is -0.133. The number of carbonyl (C=O) groups excluding carboxylic acids is 3. The molecular weight excluding hydrogens is 490 g/mol. The highest BCUT2D eigenvalue weighted by atomic mass is 35.5. The molecule has 0 spiro atoms. The summed E-state index contributed by atoms with van der Waals surface area (Å²) < 4.78 is 1.63. The van der Waals surface area contributed by atoms with Gasteiger partial charge in [-0.2, -0.15) is 0 Å². The van der Waals surface area contributed by atoms with Crippen molar-refractivity contribution < 1.29 is 14.4 Å². The average Bonchev–Trinajstić information content (AvgIpc) is 3.64. The summed E-state index contributed by atoms with van der Waals surface area (Å²) >= 11 is 6.25. The van der Waals surface area contributed by atoms with Crippen molar-refractivity contribution in [1.82, 2.24) is 25.1 Å². The minimum atomic E-state index is -1.11. The van der Waals surface area contributed by atoms with Gasteiger partial charge in [-0.05, 0) is 49.8 Å². The summed E-state index contributed by atoms with van der Waals surface area (Å²) in [6.45, 7) is 2.72. The molecule has 0 saturated heterocycles. The number of benzene rings is 2. The van der Waals surface area contributed by atoms with Crippen molar-refractivity contribution in [3.63, 3.8) is 0 Å². The van der Waals surface area contributed by atoms with E-state index in [1.807, 2.05) is 36.4 Å². The van der Waals surface area contributed by atoms with Gasteiger partial charge in [0.1, 0.15) is 11.2 Å². The van der Waals surface area contributed by atoms with Crippen LogP contribution in [0.3, 0.4) is 0 Å². The van der Waals surface area contributed by atoms with Crippen molar-refractivity contribution in [2.24, 2.45) is 0 Å². The molecule has 3 aromatic rings. The van der Waals surface area contributed by atoms with Gasteiger partial charge in [-0.3, -0.25) is 14.4 Å². The summed E-state index contributed by atoms with van der Waals surface area (Å²) in [4.78, 5) is 46.1. The highest BCUT2D eigenvalue weighted by molar-refractivity contribution is 6.31. The molecule has 192 valence electrons. The predicted octanol–water partition coefficient (Wildman–Crippen LogP) is 3.59. The molecule has 2 heterocycles. The number of fused-ring (bicyclic) bond motifs is 1. The molecule has 1 aromatic heterocycles. The van der Waals surface area contributed by atoms with Crippen LogP contribution in [0.1, 0.15) is 58.3 Å². The third kappa shape index (κ3) is 5.11. The number of hydrogen-bond donors (Lipinski definition) is 2. The number of imidazole rings is 1. The molecule has 8 nitrogen and oxygen atoms in total. The first-order valence-corrected chi connectivity index (χ1v) is 13.0. The van der Waals surface area contributed by atoms with Crippen molar-refractivity contribution in [2.75, 3.05) is 6.54 Å². The first-order chi connectivity index (χ1) is 17.9. The molecule has 2 aromatic carbocycles. The Balaban J connectivity index is 1.29.